The number of carbonyl (C=O) groups is 1. The molecule has 0 radical (unpaired) electrons. The van der Waals surface area contributed by atoms with Crippen LogP contribution in [-0.4, -0.2) is 51.4 Å². The number of para-hydroxylation sites is 1. The van der Waals surface area contributed by atoms with Crippen LogP contribution in [0.25, 0.3) is 5.65 Å². The largest absolute Gasteiger partial charge is 0.376 e. The molecule has 0 bridgehead atoms. The van der Waals surface area contributed by atoms with Crippen LogP contribution in [0.2, 0.25) is 0 Å². The lowest BCUT2D eigenvalue weighted by Crippen LogP contribution is -2.40. The van der Waals surface area contributed by atoms with E-state index in [-0.39, 0.29) is 18.5 Å². The van der Waals surface area contributed by atoms with Gasteiger partial charge in [-0.2, -0.15) is 4.52 Å². The van der Waals surface area contributed by atoms with Gasteiger partial charge in [0.05, 0.1) is 6.54 Å². The van der Waals surface area contributed by atoms with Crippen molar-refractivity contribution in [1.82, 2.24) is 25.1 Å². The van der Waals surface area contributed by atoms with Gasteiger partial charge in [-0.05, 0) is 30.7 Å². The zero-order valence-electron chi connectivity index (χ0n) is 13.7. The predicted molar refractivity (Wildman–Crippen MR) is 94.5 cm³/mol. The van der Waals surface area contributed by atoms with Gasteiger partial charge >= 0.3 is 0 Å². The second-order valence-electron chi connectivity index (χ2n) is 6.04. The molecule has 1 atom stereocenters. The number of carbonyl (C=O) groups excluding carboxylic acids is 1. The monoisotopic (exact) mass is 337 g/mol. The van der Waals surface area contributed by atoms with Gasteiger partial charge in [0.1, 0.15) is 12.1 Å². The minimum atomic E-state index is -0.00192. The molecule has 1 amide bonds. The molecule has 1 aliphatic rings. The lowest BCUT2D eigenvalue weighted by Gasteiger charge is -2.18. The van der Waals surface area contributed by atoms with Crippen LogP contribution < -0.4 is 15.5 Å². The molecule has 25 heavy (non-hydrogen) atoms. The molecule has 4 rings (SSSR count). The Morgan fingerprint density at radius 3 is 2.96 bits per heavy atom. The molecule has 1 aliphatic heterocycles. The fourth-order valence-corrected chi connectivity index (χ4v) is 2.99. The van der Waals surface area contributed by atoms with Gasteiger partial charge in [0.25, 0.3) is 0 Å². The first-order valence-corrected chi connectivity index (χ1v) is 8.28. The molecule has 3 heterocycles. The van der Waals surface area contributed by atoms with Gasteiger partial charge in [-0.15, -0.1) is 15.3 Å². The molecule has 3 aromatic rings. The van der Waals surface area contributed by atoms with E-state index in [9.17, 15) is 4.79 Å². The average molecular weight is 337 g/mol. The third kappa shape index (κ3) is 3.52. The van der Waals surface area contributed by atoms with Crippen LogP contribution in [0.1, 0.15) is 6.42 Å². The molecule has 0 spiro atoms. The second-order valence-corrected chi connectivity index (χ2v) is 6.04. The minimum Gasteiger partial charge on any atom is -0.376 e. The molecule has 2 aromatic heterocycles. The van der Waals surface area contributed by atoms with Crippen molar-refractivity contribution in [3.05, 3.63) is 48.8 Å². The summed E-state index contributed by atoms with van der Waals surface area (Å²) in [5.74, 6) is 0.865. The van der Waals surface area contributed by atoms with Crippen LogP contribution in [0.15, 0.2) is 48.8 Å². The highest BCUT2D eigenvalue weighted by atomic mass is 16.2. The fourth-order valence-electron chi connectivity index (χ4n) is 2.99. The van der Waals surface area contributed by atoms with Gasteiger partial charge in [0.15, 0.2) is 5.65 Å². The van der Waals surface area contributed by atoms with Crippen molar-refractivity contribution >= 4 is 23.1 Å². The molecule has 1 fully saturated rings. The van der Waals surface area contributed by atoms with E-state index in [1.807, 2.05) is 42.5 Å². The van der Waals surface area contributed by atoms with E-state index < -0.39 is 0 Å². The lowest BCUT2D eigenvalue weighted by atomic mass is 10.2. The highest BCUT2D eigenvalue weighted by Crippen LogP contribution is 2.18. The standard InChI is InChI=1S/C17H19N7O/c25-17(10-18-13-4-2-1-3-5-13)20-14-8-9-23(11-14)16-7-6-15-21-19-12-24(15)22-16/h1-7,12,14,18H,8-11H2,(H,20,25). The van der Waals surface area contributed by atoms with Gasteiger partial charge < -0.3 is 15.5 Å². The lowest BCUT2D eigenvalue weighted by molar-refractivity contribution is -0.119. The molecular formula is C17H19N7O. The summed E-state index contributed by atoms with van der Waals surface area (Å²) in [7, 11) is 0. The SMILES string of the molecule is O=C(CNc1ccccc1)NC1CCN(c2ccc3nncn3n2)C1. The summed E-state index contributed by atoms with van der Waals surface area (Å²) < 4.78 is 1.66. The number of nitrogens with one attached hydrogen (secondary N) is 2. The first kappa shape index (κ1) is 15.4. The zero-order chi connectivity index (χ0) is 17.1. The Labute approximate surface area is 144 Å². The molecule has 1 unspecified atom stereocenters. The maximum atomic E-state index is 12.1. The molecule has 1 aromatic carbocycles. The third-order valence-corrected chi connectivity index (χ3v) is 4.25. The smallest absolute Gasteiger partial charge is 0.239 e. The van der Waals surface area contributed by atoms with E-state index in [4.69, 9.17) is 0 Å². The number of hydrogen-bond acceptors (Lipinski definition) is 6. The summed E-state index contributed by atoms with van der Waals surface area (Å²) in [6.07, 6.45) is 2.49. The number of fused-ring (bicyclic) bond motifs is 1. The van der Waals surface area contributed by atoms with E-state index >= 15 is 0 Å². The van der Waals surface area contributed by atoms with Crippen molar-refractivity contribution in [3.63, 3.8) is 0 Å². The maximum Gasteiger partial charge on any atom is 0.239 e. The predicted octanol–water partition coefficient (Wildman–Crippen LogP) is 0.931. The van der Waals surface area contributed by atoms with Crippen LogP contribution in [0.3, 0.4) is 0 Å². The van der Waals surface area contributed by atoms with Crippen LogP contribution in [0, 0.1) is 0 Å². The zero-order valence-corrected chi connectivity index (χ0v) is 13.7. The molecular weight excluding hydrogens is 318 g/mol. The number of rotatable bonds is 5. The maximum absolute atomic E-state index is 12.1. The Morgan fingerprint density at radius 1 is 1.20 bits per heavy atom. The Morgan fingerprint density at radius 2 is 2.08 bits per heavy atom. The molecule has 1 saturated heterocycles. The van der Waals surface area contributed by atoms with E-state index in [0.717, 1.165) is 36.7 Å². The fraction of sp³-hybridized carbons (Fsp3) is 0.294. The minimum absolute atomic E-state index is 0.00192. The molecule has 8 heteroatoms. The molecule has 128 valence electrons. The van der Waals surface area contributed by atoms with Gasteiger partial charge in [-0.1, -0.05) is 18.2 Å². The molecule has 8 nitrogen and oxygen atoms in total. The highest BCUT2D eigenvalue weighted by molar-refractivity contribution is 5.81. The van der Waals surface area contributed by atoms with Crippen molar-refractivity contribution < 1.29 is 4.79 Å². The number of nitrogens with zero attached hydrogens (tertiary/aromatic N) is 5. The number of amides is 1. The highest BCUT2D eigenvalue weighted by Gasteiger charge is 2.25. The van der Waals surface area contributed by atoms with E-state index in [1.54, 1.807) is 10.8 Å². The van der Waals surface area contributed by atoms with E-state index in [0.29, 0.717) is 0 Å². The van der Waals surface area contributed by atoms with Gasteiger partial charge in [-0.3, -0.25) is 4.79 Å². The molecule has 2 N–H and O–H groups in total. The summed E-state index contributed by atoms with van der Waals surface area (Å²) in [6, 6.07) is 13.7. The Balaban J connectivity index is 1.30. The summed E-state index contributed by atoms with van der Waals surface area (Å²) in [5, 5.41) is 18.5. The number of benzene rings is 1. The van der Waals surface area contributed by atoms with Crippen molar-refractivity contribution in [2.45, 2.75) is 12.5 Å². The van der Waals surface area contributed by atoms with Gasteiger partial charge in [-0.25, -0.2) is 0 Å². The van der Waals surface area contributed by atoms with Crippen LogP contribution in [-0.2, 0) is 4.79 Å². The van der Waals surface area contributed by atoms with Crippen molar-refractivity contribution in [2.24, 2.45) is 0 Å². The summed E-state index contributed by atoms with van der Waals surface area (Å²) in [4.78, 5) is 14.3. The van der Waals surface area contributed by atoms with Crippen molar-refractivity contribution in [2.75, 3.05) is 29.9 Å². The van der Waals surface area contributed by atoms with Gasteiger partial charge in [0.2, 0.25) is 5.91 Å². The first-order valence-electron chi connectivity index (χ1n) is 8.28. The van der Waals surface area contributed by atoms with Crippen LogP contribution in [0.5, 0.6) is 0 Å². The van der Waals surface area contributed by atoms with E-state index in [1.165, 1.54) is 0 Å². The first-order chi connectivity index (χ1) is 12.3. The second kappa shape index (κ2) is 6.76. The Kier molecular flexibility index (Phi) is 4.16. The molecule has 0 aliphatic carbocycles. The topological polar surface area (TPSA) is 87.5 Å². The van der Waals surface area contributed by atoms with Crippen LogP contribution in [0.4, 0.5) is 11.5 Å². The van der Waals surface area contributed by atoms with Crippen molar-refractivity contribution in [3.8, 4) is 0 Å². The normalized spacial score (nSPS) is 17.0. The third-order valence-electron chi connectivity index (χ3n) is 4.25. The Bertz CT molecular complexity index is 864. The number of hydrogen-bond donors (Lipinski definition) is 2. The Hall–Kier alpha value is -3.16. The number of anilines is 2. The number of aromatic nitrogens is 4. The quantitative estimate of drug-likeness (QED) is 0.720. The van der Waals surface area contributed by atoms with E-state index in [2.05, 4.69) is 30.8 Å². The average Bonchev–Trinajstić information content (AvgIpc) is 3.29. The summed E-state index contributed by atoms with van der Waals surface area (Å²) in [5.41, 5.74) is 1.66. The summed E-state index contributed by atoms with van der Waals surface area (Å²) in [6.45, 7) is 1.88. The summed E-state index contributed by atoms with van der Waals surface area (Å²) >= 11 is 0. The van der Waals surface area contributed by atoms with Crippen molar-refractivity contribution in [1.29, 1.82) is 0 Å². The van der Waals surface area contributed by atoms with Gasteiger partial charge in [0, 0.05) is 24.8 Å². The van der Waals surface area contributed by atoms with Crippen LogP contribution >= 0.6 is 0 Å². The molecule has 0 saturated carbocycles.